The molecule has 4 fully saturated rings. The third-order valence-corrected chi connectivity index (χ3v) is 6.18. The number of benzene rings is 1. The second kappa shape index (κ2) is 6.45. The fraction of sp³-hybridized carbons (Fsp3) is 0.600. The van der Waals surface area contributed by atoms with Crippen molar-refractivity contribution >= 4 is 0 Å². The van der Waals surface area contributed by atoms with E-state index in [4.69, 9.17) is 9.26 Å². The molecule has 2 aliphatic carbocycles. The summed E-state index contributed by atoms with van der Waals surface area (Å²) in [7, 11) is 0. The van der Waals surface area contributed by atoms with E-state index in [9.17, 15) is 0 Å². The first kappa shape index (κ1) is 15.4. The molecule has 5 heteroatoms. The number of hydrogen-bond acceptors (Lipinski definition) is 5. The predicted molar refractivity (Wildman–Crippen MR) is 92.8 cm³/mol. The van der Waals surface area contributed by atoms with E-state index in [0.29, 0.717) is 18.5 Å². The number of fused-ring (bicyclic) bond motifs is 1. The zero-order valence-corrected chi connectivity index (χ0v) is 14.5. The summed E-state index contributed by atoms with van der Waals surface area (Å²) in [6.45, 7) is 2.35. The first-order chi connectivity index (χ1) is 12.3. The van der Waals surface area contributed by atoms with Crippen molar-refractivity contribution in [3.8, 4) is 5.75 Å². The van der Waals surface area contributed by atoms with Gasteiger partial charge in [0.25, 0.3) is 0 Å². The highest BCUT2D eigenvalue weighted by atomic mass is 16.5. The molecule has 6 rings (SSSR count). The van der Waals surface area contributed by atoms with Crippen molar-refractivity contribution in [1.29, 1.82) is 0 Å². The minimum Gasteiger partial charge on any atom is -0.485 e. The second-order valence-corrected chi connectivity index (χ2v) is 8.07. The van der Waals surface area contributed by atoms with E-state index in [1.165, 1.54) is 38.6 Å². The molecule has 2 saturated heterocycles. The van der Waals surface area contributed by atoms with Gasteiger partial charge in [0.2, 0.25) is 11.7 Å². The molecule has 0 spiro atoms. The number of hydrogen-bond donors (Lipinski definition) is 0. The van der Waals surface area contributed by atoms with E-state index < -0.39 is 0 Å². The van der Waals surface area contributed by atoms with Crippen molar-refractivity contribution in [3.63, 3.8) is 0 Å². The van der Waals surface area contributed by atoms with Gasteiger partial charge in [-0.2, -0.15) is 4.98 Å². The first-order valence-corrected chi connectivity index (χ1v) is 9.55. The Labute approximate surface area is 148 Å². The van der Waals surface area contributed by atoms with Crippen LogP contribution in [-0.4, -0.2) is 27.6 Å². The van der Waals surface area contributed by atoms with Crippen molar-refractivity contribution in [2.45, 2.75) is 51.3 Å². The Kier molecular flexibility index (Phi) is 3.97. The van der Waals surface area contributed by atoms with E-state index in [1.54, 1.807) is 0 Å². The van der Waals surface area contributed by atoms with E-state index in [0.717, 1.165) is 35.9 Å². The molecule has 2 aliphatic heterocycles. The van der Waals surface area contributed by atoms with Gasteiger partial charge in [-0.1, -0.05) is 23.4 Å². The Morgan fingerprint density at radius 2 is 1.76 bits per heavy atom. The molecule has 2 saturated carbocycles. The highest BCUT2D eigenvalue weighted by molar-refractivity contribution is 5.20. The third-order valence-electron chi connectivity index (χ3n) is 6.18. The molecule has 0 amide bonds. The Bertz CT molecular complexity index is 703. The van der Waals surface area contributed by atoms with Crippen molar-refractivity contribution < 1.29 is 9.26 Å². The van der Waals surface area contributed by atoms with Gasteiger partial charge < -0.3 is 9.26 Å². The summed E-state index contributed by atoms with van der Waals surface area (Å²) in [5.41, 5.74) is 0. The average molecular weight is 339 g/mol. The molecule has 4 atom stereocenters. The third kappa shape index (κ3) is 3.30. The van der Waals surface area contributed by atoms with Gasteiger partial charge in [-0.25, -0.2) is 0 Å². The van der Waals surface area contributed by atoms with Gasteiger partial charge in [0.1, 0.15) is 5.75 Å². The fourth-order valence-corrected chi connectivity index (χ4v) is 5.33. The quantitative estimate of drug-likeness (QED) is 0.832. The van der Waals surface area contributed by atoms with Crippen LogP contribution in [0.1, 0.15) is 43.8 Å². The average Bonchev–Trinajstić information content (AvgIpc) is 2.98. The fourth-order valence-electron chi connectivity index (χ4n) is 5.33. The molecule has 0 radical (unpaired) electrons. The number of rotatable bonds is 5. The summed E-state index contributed by atoms with van der Waals surface area (Å²) in [5.74, 6) is 4.98. The van der Waals surface area contributed by atoms with Gasteiger partial charge in [-0.05, 0) is 62.0 Å². The first-order valence-electron chi connectivity index (χ1n) is 9.55. The van der Waals surface area contributed by atoms with Gasteiger partial charge >= 0.3 is 0 Å². The van der Waals surface area contributed by atoms with Gasteiger partial charge in [0.05, 0.1) is 6.54 Å². The summed E-state index contributed by atoms with van der Waals surface area (Å²) in [6, 6.07) is 10.5. The molecule has 4 aliphatic rings. The van der Waals surface area contributed by atoms with Crippen LogP contribution in [0.2, 0.25) is 0 Å². The van der Waals surface area contributed by atoms with Gasteiger partial charge in [-0.3, -0.25) is 4.90 Å². The van der Waals surface area contributed by atoms with E-state index >= 15 is 0 Å². The van der Waals surface area contributed by atoms with E-state index in [1.807, 2.05) is 30.3 Å². The molecule has 1 aromatic heterocycles. The zero-order valence-electron chi connectivity index (χ0n) is 14.5. The number of nitrogens with zero attached hydrogens (tertiary/aromatic N) is 3. The maximum Gasteiger partial charge on any atom is 0.240 e. The number of para-hydroxylation sites is 1. The molecular formula is C20H25N3O2. The van der Waals surface area contributed by atoms with E-state index in [-0.39, 0.29) is 0 Å². The molecule has 4 bridgehead atoms. The van der Waals surface area contributed by atoms with Gasteiger partial charge in [0.15, 0.2) is 6.61 Å². The summed E-state index contributed by atoms with van der Waals surface area (Å²) >= 11 is 0. The van der Waals surface area contributed by atoms with Gasteiger partial charge in [-0.15, -0.1) is 0 Å². The minimum absolute atomic E-state index is 0.351. The number of ether oxygens (including phenoxy) is 1. The largest absolute Gasteiger partial charge is 0.485 e. The van der Waals surface area contributed by atoms with E-state index in [2.05, 4.69) is 15.0 Å². The van der Waals surface area contributed by atoms with Crippen LogP contribution in [0.25, 0.3) is 0 Å². The predicted octanol–water partition coefficient (Wildman–Crippen LogP) is 3.66. The SMILES string of the molecule is c1ccc(OCc2noc(CN3CC4C[C@@H]5CC3C[C@H](C4)C5)n2)cc1. The van der Waals surface area contributed by atoms with Crippen molar-refractivity contribution in [1.82, 2.24) is 15.0 Å². The highest BCUT2D eigenvalue weighted by Crippen LogP contribution is 2.47. The monoisotopic (exact) mass is 339 g/mol. The normalized spacial score (nSPS) is 31.2. The highest BCUT2D eigenvalue weighted by Gasteiger charge is 2.42. The lowest BCUT2D eigenvalue weighted by Gasteiger charge is -2.38. The van der Waals surface area contributed by atoms with Crippen molar-refractivity contribution in [2.24, 2.45) is 17.8 Å². The van der Waals surface area contributed by atoms with Crippen LogP contribution in [0, 0.1) is 17.8 Å². The lowest BCUT2D eigenvalue weighted by atomic mass is 9.68. The van der Waals surface area contributed by atoms with Crippen LogP contribution in [0.15, 0.2) is 34.9 Å². The molecule has 2 aromatic rings. The van der Waals surface area contributed by atoms with Crippen LogP contribution in [-0.2, 0) is 13.2 Å². The maximum atomic E-state index is 5.71. The summed E-state index contributed by atoms with van der Waals surface area (Å²) < 4.78 is 11.2. The lowest BCUT2D eigenvalue weighted by molar-refractivity contribution is 0.114. The summed E-state index contributed by atoms with van der Waals surface area (Å²) in [6.07, 6.45) is 7.07. The molecule has 25 heavy (non-hydrogen) atoms. The standard InChI is InChI=1S/C20H25N3O2/c1-2-4-18(5-3-1)24-13-19-21-20(25-22-19)12-23-11-16-7-14-6-15(8-16)10-17(23)9-14/h1-5,14-17H,6-13H2/t14-,15+,16?,17?. The zero-order chi connectivity index (χ0) is 16.6. The van der Waals surface area contributed by atoms with Crippen LogP contribution in [0.4, 0.5) is 0 Å². The summed E-state index contributed by atoms with van der Waals surface area (Å²) in [4.78, 5) is 7.16. The molecular weight excluding hydrogens is 314 g/mol. The Hall–Kier alpha value is -1.88. The van der Waals surface area contributed by atoms with Crippen molar-refractivity contribution in [3.05, 3.63) is 42.0 Å². The number of aromatic nitrogens is 2. The van der Waals surface area contributed by atoms with Crippen LogP contribution in [0.3, 0.4) is 0 Å². The lowest BCUT2D eigenvalue weighted by Crippen LogP contribution is -2.37. The topological polar surface area (TPSA) is 51.4 Å². The Balaban J connectivity index is 1.22. The second-order valence-electron chi connectivity index (χ2n) is 8.07. The molecule has 0 N–H and O–H groups in total. The molecule has 3 heterocycles. The molecule has 1 aromatic carbocycles. The van der Waals surface area contributed by atoms with Crippen LogP contribution < -0.4 is 4.74 Å². The molecule has 132 valence electrons. The van der Waals surface area contributed by atoms with Crippen molar-refractivity contribution in [2.75, 3.05) is 6.54 Å². The maximum absolute atomic E-state index is 5.71. The Morgan fingerprint density at radius 3 is 2.56 bits per heavy atom. The summed E-state index contributed by atoms with van der Waals surface area (Å²) in [5, 5.41) is 4.09. The molecule has 2 unspecified atom stereocenters. The van der Waals surface area contributed by atoms with Gasteiger partial charge in [0, 0.05) is 12.6 Å². The minimum atomic E-state index is 0.351. The molecule has 5 nitrogen and oxygen atoms in total. The van der Waals surface area contributed by atoms with Crippen LogP contribution >= 0.6 is 0 Å². The smallest absolute Gasteiger partial charge is 0.240 e. The van der Waals surface area contributed by atoms with Crippen LogP contribution in [0.5, 0.6) is 5.75 Å². The Morgan fingerprint density at radius 1 is 1.00 bits per heavy atom.